The van der Waals surface area contributed by atoms with Gasteiger partial charge in [0.15, 0.2) is 11.0 Å². The lowest BCUT2D eigenvalue weighted by Crippen LogP contribution is -1.95. The zero-order valence-corrected chi connectivity index (χ0v) is 10.9. The fourth-order valence-electron chi connectivity index (χ4n) is 2.35. The van der Waals surface area contributed by atoms with Gasteiger partial charge in [0.1, 0.15) is 0 Å². The Morgan fingerprint density at radius 3 is 2.81 bits per heavy atom. The van der Waals surface area contributed by atoms with Crippen molar-refractivity contribution in [2.75, 3.05) is 11.1 Å². The molecule has 4 rings (SSSR count). The number of hydrogen-bond donors (Lipinski definition) is 2. The van der Waals surface area contributed by atoms with Crippen LogP contribution in [0.2, 0.25) is 0 Å². The smallest absolute Gasteiger partial charge is 0.160 e. The second-order valence-electron chi connectivity index (χ2n) is 4.69. The van der Waals surface area contributed by atoms with E-state index in [-0.39, 0.29) is 0 Å². The predicted octanol–water partition coefficient (Wildman–Crippen LogP) is 3.10. The molecule has 0 aliphatic carbocycles. The number of nitrogens with zero attached hydrogens (tertiary/aromatic N) is 3. The van der Waals surface area contributed by atoms with Crippen LogP contribution in [-0.4, -0.2) is 15.3 Å². The molecule has 6 nitrogen and oxygen atoms in total. The normalized spacial score (nSPS) is 11.0. The van der Waals surface area contributed by atoms with Gasteiger partial charge >= 0.3 is 0 Å². The molecule has 0 fully saturated rings. The molecule has 3 N–H and O–H groups in total. The summed E-state index contributed by atoms with van der Waals surface area (Å²) in [7, 11) is 0. The number of pyridine rings is 1. The Labute approximate surface area is 119 Å². The fourth-order valence-corrected chi connectivity index (χ4v) is 2.35. The maximum absolute atomic E-state index is 5.85. The maximum Gasteiger partial charge on any atom is 0.160 e. The van der Waals surface area contributed by atoms with Crippen LogP contribution in [0.15, 0.2) is 53.4 Å². The molecule has 0 bridgehead atoms. The topological polar surface area (TPSA) is 89.9 Å². The molecule has 0 atom stereocenters. The molecule has 102 valence electrons. The largest absolute Gasteiger partial charge is 0.397 e. The Balaban J connectivity index is 1.87. The molecule has 0 unspecified atom stereocenters. The third-order valence-electron chi connectivity index (χ3n) is 3.40. The molecule has 0 aliphatic rings. The Morgan fingerprint density at radius 2 is 1.86 bits per heavy atom. The van der Waals surface area contributed by atoms with Crippen LogP contribution in [0.3, 0.4) is 0 Å². The number of rotatable bonds is 2. The number of nitrogens with one attached hydrogen (secondary N) is 1. The summed E-state index contributed by atoms with van der Waals surface area (Å²) in [6.45, 7) is 0. The van der Waals surface area contributed by atoms with Crippen LogP contribution >= 0.6 is 0 Å². The van der Waals surface area contributed by atoms with Gasteiger partial charge in [-0.3, -0.25) is 4.98 Å². The molecule has 0 aliphatic heterocycles. The van der Waals surface area contributed by atoms with Crippen molar-refractivity contribution in [2.24, 2.45) is 0 Å². The van der Waals surface area contributed by atoms with E-state index in [4.69, 9.17) is 10.4 Å². The number of aromatic nitrogens is 3. The highest BCUT2D eigenvalue weighted by Crippen LogP contribution is 2.30. The van der Waals surface area contributed by atoms with E-state index in [9.17, 15) is 0 Å². The van der Waals surface area contributed by atoms with E-state index < -0.39 is 0 Å². The summed E-state index contributed by atoms with van der Waals surface area (Å²) in [5.41, 5.74) is 9.28. The van der Waals surface area contributed by atoms with Crippen LogP contribution in [0.25, 0.3) is 21.8 Å². The summed E-state index contributed by atoms with van der Waals surface area (Å²) >= 11 is 0. The van der Waals surface area contributed by atoms with Gasteiger partial charge < -0.3 is 11.1 Å². The van der Waals surface area contributed by atoms with Gasteiger partial charge in [0.05, 0.1) is 11.4 Å². The van der Waals surface area contributed by atoms with Crippen LogP contribution in [0.1, 0.15) is 0 Å². The van der Waals surface area contributed by atoms with Crippen molar-refractivity contribution in [3.05, 3.63) is 48.8 Å². The first-order valence-electron chi connectivity index (χ1n) is 6.43. The van der Waals surface area contributed by atoms with Crippen molar-refractivity contribution in [1.29, 1.82) is 0 Å². The van der Waals surface area contributed by atoms with E-state index in [1.807, 2.05) is 36.5 Å². The van der Waals surface area contributed by atoms with Crippen LogP contribution in [0, 0.1) is 0 Å². The highest BCUT2D eigenvalue weighted by atomic mass is 16.6. The average molecular weight is 277 g/mol. The molecule has 0 radical (unpaired) electrons. The molecule has 0 saturated heterocycles. The molecule has 21 heavy (non-hydrogen) atoms. The fraction of sp³-hybridized carbons (Fsp3) is 0. The number of nitrogen functional groups attached to an aromatic ring is 1. The lowest BCUT2D eigenvalue weighted by Gasteiger charge is -2.09. The summed E-state index contributed by atoms with van der Waals surface area (Å²) in [6, 6.07) is 11.6. The van der Waals surface area contributed by atoms with E-state index in [1.54, 1.807) is 12.3 Å². The number of benzene rings is 2. The summed E-state index contributed by atoms with van der Waals surface area (Å²) in [6.07, 6.45) is 3.60. The predicted molar refractivity (Wildman–Crippen MR) is 81.2 cm³/mol. The summed E-state index contributed by atoms with van der Waals surface area (Å²) < 4.78 is 4.78. The molecular weight excluding hydrogens is 266 g/mol. The van der Waals surface area contributed by atoms with Gasteiger partial charge in [0.25, 0.3) is 0 Å². The first-order chi connectivity index (χ1) is 10.3. The van der Waals surface area contributed by atoms with Crippen molar-refractivity contribution >= 4 is 38.9 Å². The Hall–Kier alpha value is -3.15. The first-order valence-corrected chi connectivity index (χ1v) is 6.43. The van der Waals surface area contributed by atoms with Crippen LogP contribution in [0.5, 0.6) is 0 Å². The van der Waals surface area contributed by atoms with Crippen molar-refractivity contribution in [3.63, 3.8) is 0 Å². The molecular formula is C15H11N5O. The average Bonchev–Trinajstić information content (AvgIpc) is 3.01. The molecule has 2 heterocycles. The minimum absolute atomic E-state index is 0.538. The van der Waals surface area contributed by atoms with Gasteiger partial charge in [-0.05, 0) is 40.0 Å². The van der Waals surface area contributed by atoms with Crippen LogP contribution in [-0.2, 0) is 0 Å². The van der Waals surface area contributed by atoms with Gasteiger partial charge in [-0.25, -0.2) is 4.63 Å². The quantitative estimate of drug-likeness (QED) is 0.547. The minimum atomic E-state index is 0.538. The van der Waals surface area contributed by atoms with E-state index in [2.05, 4.69) is 20.6 Å². The molecule has 2 aromatic carbocycles. The Bertz CT molecular complexity index is 942. The van der Waals surface area contributed by atoms with Crippen molar-refractivity contribution in [2.45, 2.75) is 0 Å². The van der Waals surface area contributed by atoms with E-state index >= 15 is 0 Å². The zero-order valence-electron chi connectivity index (χ0n) is 10.9. The lowest BCUT2D eigenvalue weighted by atomic mass is 10.1. The standard InChI is InChI=1S/C15H11N5O/c16-11-4-5-13(15-14(11)19-21-20-15)18-12-3-1-2-9-6-7-17-8-10(9)12/h1-8,18H,16H2. The molecule has 0 spiro atoms. The van der Waals surface area contributed by atoms with Gasteiger partial charge in [-0.1, -0.05) is 12.1 Å². The third-order valence-corrected chi connectivity index (χ3v) is 3.40. The highest BCUT2D eigenvalue weighted by molar-refractivity contribution is 6.00. The zero-order chi connectivity index (χ0) is 14.2. The van der Waals surface area contributed by atoms with Crippen LogP contribution < -0.4 is 11.1 Å². The molecule has 6 heteroatoms. The number of anilines is 3. The molecule has 2 aromatic heterocycles. The SMILES string of the molecule is Nc1ccc(Nc2cccc3ccncc23)c2nonc12. The first kappa shape index (κ1) is 11.7. The van der Waals surface area contributed by atoms with E-state index in [1.165, 1.54) is 0 Å². The monoisotopic (exact) mass is 277 g/mol. The Kier molecular flexibility index (Phi) is 2.47. The van der Waals surface area contributed by atoms with E-state index in [0.717, 1.165) is 22.1 Å². The number of hydrogen-bond acceptors (Lipinski definition) is 6. The van der Waals surface area contributed by atoms with Crippen LogP contribution in [0.4, 0.5) is 17.1 Å². The molecule has 0 amide bonds. The molecule has 4 aromatic rings. The van der Waals surface area contributed by atoms with Gasteiger partial charge in [0, 0.05) is 23.5 Å². The summed E-state index contributed by atoms with van der Waals surface area (Å²) in [5, 5.41) is 13.2. The minimum Gasteiger partial charge on any atom is -0.397 e. The summed E-state index contributed by atoms with van der Waals surface area (Å²) in [5.74, 6) is 0. The highest BCUT2D eigenvalue weighted by Gasteiger charge is 2.11. The van der Waals surface area contributed by atoms with Crippen molar-refractivity contribution in [1.82, 2.24) is 15.3 Å². The molecule has 0 saturated carbocycles. The van der Waals surface area contributed by atoms with Gasteiger partial charge in [-0.2, -0.15) is 0 Å². The second-order valence-corrected chi connectivity index (χ2v) is 4.69. The van der Waals surface area contributed by atoms with Crippen molar-refractivity contribution in [3.8, 4) is 0 Å². The summed E-state index contributed by atoms with van der Waals surface area (Å²) in [4.78, 5) is 4.18. The number of nitrogens with two attached hydrogens (primary N) is 1. The van der Waals surface area contributed by atoms with Crippen molar-refractivity contribution < 1.29 is 4.63 Å². The van der Waals surface area contributed by atoms with Gasteiger partial charge in [-0.15, -0.1) is 0 Å². The van der Waals surface area contributed by atoms with E-state index in [0.29, 0.717) is 16.7 Å². The number of fused-ring (bicyclic) bond motifs is 2. The third kappa shape index (κ3) is 1.85. The van der Waals surface area contributed by atoms with Gasteiger partial charge in [0.2, 0.25) is 0 Å². The lowest BCUT2D eigenvalue weighted by molar-refractivity contribution is 0.316. The maximum atomic E-state index is 5.85. The Morgan fingerprint density at radius 1 is 0.952 bits per heavy atom. The second kappa shape index (κ2) is 4.45.